The van der Waals surface area contributed by atoms with Crippen molar-refractivity contribution in [3.63, 3.8) is 0 Å². The van der Waals surface area contributed by atoms with Gasteiger partial charge in [-0.05, 0) is 12.1 Å². The van der Waals surface area contributed by atoms with E-state index in [9.17, 15) is 13.5 Å². The van der Waals surface area contributed by atoms with Crippen LogP contribution in [0.4, 0.5) is 0 Å². The van der Waals surface area contributed by atoms with Crippen LogP contribution >= 0.6 is 11.8 Å². The highest BCUT2D eigenvalue weighted by Crippen LogP contribution is 2.30. The van der Waals surface area contributed by atoms with Gasteiger partial charge in [-0.1, -0.05) is 17.8 Å². The first-order valence-corrected chi connectivity index (χ1v) is 8.10. The van der Waals surface area contributed by atoms with Crippen LogP contribution in [-0.4, -0.2) is 51.0 Å². The van der Waals surface area contributed by atoms with Gasteiger partial charge in [0.05, 0.1) is 22.9 Å². The van der Waals surface area contributed by atoms with Gasteiger partial charge in [-0.25, -0.2) is 8.42 Å². The van der Waals surface area contributed by atoms with E-state index in [2.05, 4.69) is 10.2 Å². The van der Waals surface area contributed by atoms with E-state index in [4.69, 9.17) is 0 Å². The lowest BCUT2D eigenvalue weighted by atomic mass is 10.3. The average molecular weight is 285 g/mol. The number of rotatable bonds is 2. The van der Waals surface area contributed by atoms with E-state index >= 15 is 0 Å². The first-order chi connectivity index (χ1) is 8.55. The lowest BCUT2D eigenvalue weighted by Crippen LogP contribution is -2.20. The third kappa shape index (κ3) is 2.11. The summed E-state index contributed by atoms with van der Waals surface area (Å²) >= 11 is 1.26. The second-order valence-electron chi connectivity index (χ2n) is 4.21. The third-order valence-electron chi connectivity index (χ3n) is 2.81. The molecule has 3 rings (SSSR count). The van der Waals surface area contributed by atoms with Gasteiger partial charge in [0.2, 0.25) is 0 Å². The number of hydrogen-bond donors (Lipinski definition) is 1. The van der Waals surface area contributed by atoms with E-state index in [1.165, 1.54) is 11.8 Å². The summed E-state index contributed by atoms with van der Waals surface area (Å²) in [6.07, 6.45) is 0.976. The molecule has 6 nitrogen and oxygen atoms in total. The van der Waals surface area contributed by atoms with E-state index in [1.54, 1.807) is 4.40 Å². The van der Waals surface area contributed by atoms with Crippen molar-refractivity contribution < 1.29 is 13.5 Å². The summed E-state index contributed by atoms with van der Waals surface area (Å²) in [4.78, 5) is 0. The maximum absolute atomic E-state index is 11.4. The molecule has 96 valence electrons. The van der Waals surface area contributed by atoms with Gasteiger partial charge >= 0.3 is 0 Å². The molecular formula is C10H11N3O3S2. The minimum atomic E-state index is -3.13. The zero-order valence-corrected chi connectivity index (χ0v) is 10.9. The van der Waals surface area contributed by atoms with Crippen molar-refractivity contribution in [2.24, 2.45) is 0 Å². The van der Waals surface area contributed by atoms with Gasteiger partial charge in [0.15, 0.2) is 20.6 Å². The largest absolute Gasteiger partial charge is 0.391 e. The van der Waals surface area contributed by atoms with Crippen molar-refractivity contribution in [2.45, 2.75) is 16.5 Å². The van der Waals surface area contributed by atoms with Gasteiger partial charge < -0.3 is 5.11 Å². The van der Waals surface area contributed by atoms with Crippen LogP contribution in [-0.2, 0) is 9.84 Å². The molecule has 8 heteroatoms. The normalized spacial score (nSPS) is 26.7. The summed E-state index contributed by atoms with van der Waals surface area (Å²) < 4.78 is 24.6. The lowest BCUT2D eigenvalue weighted by Gasteiger charge is -2.09. The van der Waals surface area contributed by atoms with Gasteiger partial charge in [-0.3, -0.25) is 4.40 Å². The summed E-state index contributed by atoms with van der Waals surface area (Å²) in [5.74, 6) is -0.179. The summed E-state index contributed by atoms with van der Waals surface area (Å²) in [5, 5.41) is 18.0. The van der Waals surface area contributed by atoms with Crippen molar-refractivity contribution in [3.8, 4) is 0 Å². The number of hydrogen-bond acceptors (Lipinski definition) is 6. The predicted molar refractivity (Wildman–Crippen MR) is 67.3 cm³/mol. The molecule has 1 saturated heterocycles. The molecule has 1 aliphatic rings. The van der Waals surface area contributed by atoms with Crippen LogP contribution in [0.15, 0.2) is 29.6 Å². The number of aromatic nitrogens is 3. The highest BCUT2D eigenvalue weighted by atomic mass is 32.2. The molecule has 2 aromatic rings. The third-order valence-corrected chi connectivity index (χ3v) is 6.01. The summed E-state index contributed by atoms with van der Waals surface area (Å²) in [6, 6.07) is 5.52. The number of thioether (sulfide) groups is 1. The van der Waals surface area contributed by atoms with Crippen LogP contribution in [0, 0.1) is 0 Å². The van der Waals surface area contributed by atoms with Crippen molar-refractivity contribution in [2.75, 3.05) is 11.5 Å². The number of aliphatic hydroxyl groups is 1. The second-order valence-corrected chi connectivity index (χ2v) is 7.57. The Morgan fingerprint density at radius 2 is 2.17 bits per heavy atom. The molecule has 0 amide bonds. The number of sulfone groups is 1. The van der Waals surface area contributed by atoms with Crippen LogP contribution < -0.4 is 0 Å². The molecule has 0 saturated carbocycles. The molecule has 0 aromatic carbocycles. The van der Waals surface area contributed by atoms with Gasteiger partial charge in [-0.2, -0.15) is 0 Å². The van der Waals surface area contributed by atoms with Crippen molar-refractivity contribution in [3.05, 3.63) is 24.4 Å². The Bertz CT molecular complexity index is 682. The molecule has 18 heavy (non-hydrogen) atoms. The molecule has 1 fully saturated rings. The first kappa shape index (κ1) is 11.9. The molecule has 0 bridgehead atoms. The van der Waals surface area contributed by atoms with Crippen molar-refractivity contribution >= 4 is 27.2 Å². The van der Waals surface area contributed by atoms with E-state index in [0.29, 0.717) is 10.8 Å². The standard InChI is InChI=1S/C10H11N3O3S2/c14-7-5-18(15,16)6-8(7)17-10-12-11-9-3-1-2-4-13(9)10/h1-4,7-8,14H,5-6H2. The minimum Gasteiger partial charge on any atom is -0.391 e. The van der Waals surface area contributed by atoms with Gasteiger partial charge in [0.1, 0.15) is 0 Å². The number of aliphatic hydroxyl groups excluding tert-OH is 1. The Labute approximate surface area is 108 Å². The van der Waals surface area contributed by atoms with Gasteiger partial charge in [0, 0.05) is 6.20 Å². The molecule has 3 heterocycles. The molecule has 1 aliphatic heterocycles. The maximum Gasteiger partial charge on any atom is 0.195 e. The van der Waals surface area contributed by atoms with Crippen LogP contribution in [0.3, 0.4) is 0 Å². The summed E-state index contributed by atoms with van der Waals surface area (Å²) in [7, 11) is -3.13. The first-order valence-electron chi connectivity index (χ1n) is 5.40. The smallest absolute Gasteiger partial charge is 0.195 e. The Kier molecular flexibility index (Phi) is 2.80. The molecule has 0 aliphatic carbocycles. The van der Waals surface area contributed by atoms with Crippen LogP contribution in [0.1, 0.15) is 0 Å². The fraction of sp³-hybridized carbons (Fsp3) is 0.400. The maximum atomic E-state index is 11.4. The highest BCUT2D eigenvalue weighted by molar-refractivity contribution is 8.01. The number of fused-ring (bicyclic) bond motifs is 1. The Morgan fingerprint density at radius 3 is 2.89 bits per heavy atom. The Morgan fingerprint density at radius 1 is 1.33 bits per heavy atom. The molecule has 0 spiro atoms. The van der Waals surface area contributed by atoms with Crippen LogP contribution in [0.5, 0.6) is 0 Å². The van der Waals surface area contributed by atoms with Gasteiger partial charge in [0.25, 0.3) is 0 Å². The molecule has 0 radical (unpaired) electrons. The average Bonchev–Trinajstić information content (AvgIpc) is 2.81. The molecular weight excluding hydrogens is 274 g/mol. The molecule has 2 aromatic heterocycles. The zero-order valence-electron chi connectivity index (χ0n) is 9.30. The summed E-state index contributed by atoms with van der Waals surface area (Å²) in [6.45, 7) is 0. The number of pyridine rings is 1. The predicted octanol–water partition coefficient (Wildman–Crippen LogP) is -0.0207. The van der Waals surface area contributed by atoms with E-state index < -0.39 is 15.9 Å². The second kappa shape index (κ2) is 4.22. The van der Waals surface area contributed by atoms with Crippen molar-refractivity contribution in [1.82, 2.24) is 14.6 Å². The molecule has 2 unspecified atom stereocenters. The SMILES string of the molecule is O=S1(=O)CC(O)C(Sc2nnc3ccccn23)C1. The topological polar surface area (TPSA) is 84.6 Å². The van der Waals surface area contributed by atoms with E-state index in [0.717, 1.165) is 0 Å². The van der Waals surface area contributed by atoms with Crippen molar-refractivity contribution in [1.29, 1.82) is 0 Å². The zero-order chi connectivity index (χ0) is 12.8. The van der Waals surface area contributed by atoms with E-state index in [1.807, 2.05) is 24.4 Å². The molecule has 2 atom stereocenters. The minimum absolute atomic E-state index is 0.0133. The van der Waals surface area contributed by atoms with Crippen LogP contribution in [0.2, 0.25) is 0 Å². The fourth-order valence-corrected chi connectivity index (χ4v) is 5.45. The summed E-state index contributed by atoms with van der Waals surface area (Å²) in [5.41, 5.74) is 0.704. The lowest BCUT2D eigenvalue weighted by molar-refractivity contribution is 0.207. The Balaban J connectivity index is 1.89. The fourth-order valence-electron chi connectivity index (χ4n) is 1.94. The monoisotopic (exact) mass is 285 g/mol. The number of nitrogens with zero attached hydrogens (tertiary/aromatic N) is 3. The highest BCUT2D eigenvalue weighted by Gasteiger charge is 2.37. The molecule has 1 N–H and O–H groups in total. The Hall–Kier alpha value is -1.12. The van der Waals surface area contributed by atoms with Crippen LogP contribution in [0.25, 0.3) is 5.65 Å². The quantitative estimate of drug-likeness (QED) is 0.834. The van der Waals surface area contributed by atoms with E-state index in [-0.39, 0.29) is 16.8 Å². The van der Waals surface area contributed by atoms with Gasteiger partial charge in [-0.15, -0.1) is 10.2 Å².